The van der Waals surface area contributed by atoms with Crippen LogP contribution in [0.2, 0.25) is 0 Å². The summed E-state index contributed by atoms with van der Waals surface area (Å²) in [5.41, 5.74) is 0. The third-order valence-electron chi connectivity index (χ3n) is 5.25. The third kappa shape index (κ3) is 9.58. The van der Waals surface area contributed by atoms with Gasteiger partial charge in [-0.15, -0.1) is 0 Å². The topological polar surface area (TPSA) is 135 Å². The number of aliphatic hydroxyl groups is 1. The summed E-state index contributed by atoms with van der Waals surface area (Å²) < 4.78 is 27.9. The summed E-state index contributed by atoms with van der Waals surface area (Å²) in [6, 6.07) is 0. The minimum Gasteiger partial charge on any atom is -0.463 e. The molecule has 0 bridgehead atoms. The molecule has 10 nitrogen and oxygen atoms in total. The lowest BCUT2D eigenvalue weighted by molar-refractivity contribution is -0.308. The summed E-state index contributed by atoms with van der Waals surface area (Å²) in [4.78, 5) is 47.8. The third-order valence-corrected chi connectivity index (χ3v) is 5.25. The predicted molar refractivity (Wildman–Crippen MR) is 116 cm³/mol. The van der Waals surface area contributed by atoms with Crippen molar-refractivity contribution in [1.82, 2.24) is 0 Å². The van der Waals surface area contributed by atoms with Crippen molar-refractivity contribution in [3.63, 3.8) is 0 Å². The van der Waals surface area contributed by atoms with Crippen molar-refractivity contribution >= 4 is 23.3 Å². The largest absolute Gasteiger partial charge is 0.463 e. The van der Waals surface area contributed by atoms with E-state index in [2.05, 4.69) is 0 Å². The zero-order chi connectivity index (χ0) is 25.3. The Kier molecular flexibility index (Phi) is 12.3. The monoisotopic (exact) mass is 474 g/mol. The highest BCUT2D eigenvalue weighted by Crippen LogP contribution is 2.28. The van der Waals surface area contributed by atoms with Crippen molar-refractivity contribution in [2.24, 2.45) is 17.8 Å². The smallest absolute Gasteiger partial charge is 0.302 e. The molecule has 1 unspecified atom stereocenters. The van der Waals surface area contributed by atoms with E-state index in [1.165, 1.54) is 6.92 Å². The van der Waals surface area contributed by atoms with Crippen molar-refractivity contribution in [2.75, 3.05) is 26.4 Å². The number of ketones is 3. The molecule has 0 radical (unpaired) electrons. The highest BCUT2D eigenvalue weighted by Gasteiger charge is 2.49. The van der Waals surface area contributed by atoms with Gasteiger partial charge in [-0.3, -0.25) is 19.2 Å². The van der Waals surface area contributed by atoms with Gasteiger partial charge in [0.25, 0.3) is 0 Å². The van der Waals surface area contributed by atoms with Crippen molar-refractivity contribution in [2.45, 2.75) is 79.2 Å². The highest BCUT2D eigenvalue weighted by atomic mass is 16.7. The fourth-order valence-corrected chi connectivity index (χ4v) is 2.83. The maximum absolute atomic E-state index is 12.2. The molecular formula is C23H38O10. The number of carbonyl (C=O) groups is 4. The van der Waals surface area contributed by atoms with Gasteiger partial charge < -0.3 is 28.8 Å². The molecule has 0 aromatic heterocycles. The molecule has 0 aliphatic carbocycles. The summed E-state index contributed by atoms with van der Waals surface area (Å²) in [5.74, 6) is -2.02. The molecule has 0 amide bonds. The fraction of sp³-hybridized carbons (Fsp3) is 0.826. The first-order valence-corrected chi connectivity index (χ1v) is 11.2. The van der Waals surface area contributed by atoms with Crippen molar-refractivity contribution in [3.8, 4) is 0 Å². The molecule has 0 aromatic carbocycles. The normalized spacial score (nSPS) is 25.5. The van der Waals surface area contributed by atoms with Gasteiger partial charge in [-0.25, -0.2) is 0 Å². The Morgan fingerprint density at radius 1 is 0.727 bits per heavy atom. The van der Waals surface area contributed by atoms with E-state index in [-0.39, 0.29) is 61.5 Å². The van der Waals surface area contributed by atoms with Crippen LogP contribution in [-0.2, 0) is 42.9 Å². The predicted octanol–water partition coefficient (Wildman–Crippen LogP) is 1.10. The van der Waals surface area contributed by atoms with Gasteiger partial charge in [0.05, 0.1) is 0 Å². The quantitative estimate of drug-likeness (QED) is 0.365. The lowest BCUT2D eigenvalue weighted by Gasteiger charge is -2.44. The lowest BCUT2D eigenvalue weighted by Crippen LogP contribution is -2.62. The first-order chi connectivity index (χ1) is 15.3. The van der Waals surface area contributed by atoms with E-state index in [9.17, 15) is 24.3 Å². The molecule has 1 aliphatic rings. The molecule has 190 valence electrons. The van der Waals surface area contributed by atoms with Crippen LogP contribution in [-0.4, -0.2) is 85.6 Å². The van der Waals surface area contributed by atoms with Gasteiger partial charge in [0.2, 0.25) is 0 Å². The summed E-state index contributed by atoms with van der Waals surface area (Å²) >= 11 is 0. The molecule has 1 saturated heterocycles. The van der Waals surface area contributed by atoms with E-state index >= 15 is 0 Å². The number of esters is 1. The minimum absolute atomic E-state index is 0.184. The second-order valence-corrected chi connectivity index (χ2v) is 9.06. The van der Waals surface area contributed by atoms with Crippen LogP contribution >= 0.6 is 0 Å². The molecule has 1 heterocycles. The van der Waals surface area contributed by atoms with Gasteiger partial charge in [-0.2, -0.15) is 0 Å². The Morgan fingerprint density at radius 2 is 1.12 bits per heavy atom. The van der Waals surface area contributed by atoms with Gasteiger partial charge in [-0.1, -0.05) is 41.5 Å². The zero-order valence-corrected chi connectivity index (χ0v) is 20.6. The fourth-order valence-electron chi connectivity index (χ4n) is 2.83. The van der Waals surface area contributed by atoms with Gasteiger partial charge in [-0.05, 0) is 0 Å². The molecule has 1 fully saturated rings. The Bertz CT molecular complexity index is 672. The summed E-state index contributed by atoms with van der Waals surface area (Å²) in [5, 5.41) is 10.6. The number of aliphatic hydroxyl groups excluding tert-OH is 1. The standard InChI is InChI=1S/C23H38O10/c1-12(2)16(25)8-30-20-19(11-29-15(7)24)33-23(28)22(32-10-18(27)14(5)6)21(20)31-9-17(26)13(3)4/h12-14,19-23,28H,8-11H2,1-7H3/t19-,20-,21+,22-,23?/m1/s1. The van der Waals surface area contributed by atoms with Crippen LogP contribution in [0.3, 0.4) is 0 Å². The zero-order valence-electron chi connectivity index (χ0n) is 20.6. The van der Waals surface area contributed by atoms with Crippen LogP contribution < -0.4 is 0 Å². The average Bonchev–Trinajstić information content (AvgIpc) is 2.73. The first kappa shape index (κ1) is 29.3. The van der Waals surface area contributed by atoms with Gasteiger partial charge in [0, 0.05) is 24.7 Å². The van der Waals surface area contributed by atoms with Gasteiger partial charge >= 0.3 is 5.97 Å². The second kappa shape index (κ2) is 13.9. The van der Waals surface area contributed by atoms with Crippen LogP contribution in [0.4, 0.5) is 0 Å². The van der Waals surface area contributed by atoms with Crippen LogP contribution in [0.25, 0.3) is 0 Å². The van der Waals surface area contributed by atoms with Crippen LogP contribution in [0.15, 0.2) is 0 Å². The maximum atomic E-state index is 12.2. The van der Waals surface area contributed by atoms with E-state index in [1.807, 2.05) is 0 Å². The first-order valence-electron chi connectivity index (χ1n) is 11.2. The Labute approximate surface area is 195 Å². The Balaban J connectivity index is 3.18. The molecule has 0 saturated carbocycles. The molecule has 0 spiro atoms. The molecule has 33 heavy (non-hydrogen) atoms. The number of hydrogen-bond donors (Lipinski definition) is 1. The number of ether oxygens (including phenoxy) is 5. The number of hydrogen-bond acceptors (Lipinski definition) is 10. The maximum Gasteiger partial charge on any atom is 0.302 e. The van der Waals surface area contributed by atoms with Gasteiger partial charge in [0.15, 0.2) is 23.6 Å². The van der Waals surface area contributed by atoms with E-state index < -0.39 is 36.7 Å². The number of carbonyl (C=O) groups excluding carboxylic acids is 4. The summed E-state index contributed by atoms with van der Waals surface area (Å²) in [6.07, 6.45) is -5.82. The molecule has 1 N–H and O–H groups in total. The number of Topliss-reactive ketones (excluding diaryl/α,β-unsaturated/α-hetero) is 3. The average molecular weight is 475 g/mol. The Morgan fingerprint density at radius 3 is 1.52 bits per heavy atom. The highest BCUT2D eigenvalue weighted by molar-refractivity contribution is 5.82. The SMILES string of the molecule is CC(=O)OC[C@H]1OC(O)[C@H](OCC(=O)C(C)C)[C@@H](OCC(=O)C(C)C)[C@@H]1OCC(=O)C(C)C. The molecule has 10 heteroatoms. The van der Waals surface area contributed by atoms with E-state index in [0.717, 1.165) is 0 Å². The number of rotatable bonds is 14. The van der Waals surface area contributed by atoms with Gasteiger partial charge in [0.1, 0.15) is 50.8 Å². The molecule has 1 aliphatic heterocycles. The minimum atomic E-state index is -1.55. The van der Waals surface area contributed by atoms with E-state index in [4.69, 9.17) is 23.7 Å². The van der Waals surface area contributed by atoms with Crippen LogP contribution in [0.5, 0.6) is 0 Å². The summed E-state index contributed by atoms with van der Waals surface area (Å²) in [7, 11) is 0. The Hall–Kier alpha value is -1.72. The molecule has 0 aromatic rings. The van der Waals surface area contributed by atoms with Crippen molar-refractivity contribution < 1.29 is 48.0 Å². The lowest BCUT2D eigenvalue weighted by atomic mass is 9.97. The molecule has 5 atom stereocenters. The molecule has 1 rings (SSSR count). The summed E-state index contributed by atoms with van der Waals surface area (Å²) in [6.45, 7) is 10.4. The second-order valence-electron chi connectivity index (χ2n) is 9.06. The van der Waals surface area contributed by atoms with Crippen LogP contribution in [0, 0.1) is 17.8 Å². The van der Waals surface area contributed by atoms with E-state index in [1.54, 1.807) is 41.5 Å². The van der Waals surface area contributed by atoms with Crippen LogP contribution in [0.1, 0.15) is 48.5 Å². The van der Waals surface area contributed by atoms with Crippen molar-refractivity contribution in [3.05, 3.63) is 0 Å². The molecular weight excluding hydrogens is 436 g/mol. The van der Waals surface area contributed by atoms with E-state index in [0.29, 0.717) is 0 Å². The van der Waals surface area contributed by atoms with Crippen molar-refractivity contribution in [1.29, 1.82) is 0 Å².